The summed E-state index contributed by atoms with van der Waals surface area (Å²) in [4.78, 5) is 0. The number of hydrogen-bond donors (Lipinski definition) is 1. The topological polar surface area (TPSA) is 50.9 Å². The minimum Gasteiger partial charge on any atom is -0.496 e. The summed E-state index contributed by atoms with van der Waals surface area (Å²) in [6, 6.07) is 14.7. The average molecular weight is 323 g/mol. The number of anilines is 1. The van der Waals surface area contributed by atoms with Gasteiger partial charge < -0.3 is 10.5 Å². The predicted octanol–water partition coefficient (Wildman–Crippen LogP) is 3.97. The lowest BCUT2D eigenvalue weighted by Gasteiger charge is -2.27. The second-order valence-corrected chi connectivity index (χ2v) is 6.23. The fourth-order valence-electron chi connectivity index (χ4n) is 3.28. The monoisotopic (exact) mass is 323 g/mol. The summed E-state index contributed by atoms with van der Waals surface area (Å²) in [5, 5.41) is 7.04. The third-order valence-electron chi connectivity index (χ3n) is 4.73. The van der Waals surface area contributed by atoms with Crippen LogP contribution in [0.5, 0.6) is 5.75 Å². The molecule has 4 heteroatoms. The molecule has 1 aliphatic rings. The highest BCUT2D eigenvalue weighted by molar-refractivity contribution is 5.89. The highest BCUT2D eigenvalue weighted by Crippen LogP contribution is 2.40. The molecule has 0 aromatic heterocycles. The lowest BCUT2D eigenvalue weighted by Crippen LogP contribution is -2.20. The zero-order valence-corrected chi connectivity index (χ0v) is 14.6. The highest BCUT2D eigenvalue weighted by atomic mass is 16.5. The average Bonchev–Trinajstić information content (AvgIpc) is 3.01. The first-order valence-corrected chi connectivity index (χ1v) is 8.40. The van der Waals surface area contributed by atoms with E-state index in [4.69, 9.17) is 15.6 Å². The molecular formula is C20H25N3O. The van der Waals surface area contributed by atoms with Gasteiger partial charge in [-0.3, -0.25) is 5.01 Å². The maximum atomic E-state index is 5.76. The number of nitrogens with zero attached hydrogens (tertiary/aromatic N) is 2. The van der Waals surface area contributed by atoms with Crippen LogP contribution in [-0.2, 0) is 0 Å². The molecule has 0 bridgehead atoms. The van der Waals surface area contributed by atoms with Gasteiger partial charge in [-0.25, -0.2) is 0 Å². The molecule has 3 rings (SSSR count). The molecule has 1 aliphatic heterocycles. The van der Waals surface area contributed by atoms with Gasteiger partial charge in [-0.15, -0.1) is 0 Å². The van der Waals surface area contributed by atoms with Crippen molar-refractivity contribution in [2.75, 3.05) is 18.7 Å². The van der Waals surface area contributed by atoms with E-state index in [-0.39, 0.29) is 6.04 Å². The molecule has 1 atom stereocenters. The van der Waals surface area contributed by atoms with Gasteiger partial charge in [0.15, 0.2) is 0 Å². The van der Waals surface area contributed by atoms with Gasteiger partial charge >= 0.3 is 0 Å². The molecule has 0 radical (unpaired) electrons. The van der Waals surface area contributed by atoms with Crippen LogP contribution in [0.15, 0.2) is 47.6 Å². The first kappa shape index (κ1) is 16.5. The van der Waals surface area contributed by atoms with Crippen molar-refractivity contribution < 1.29 is 4.74 Å². The lowest BCUT2D eigenvalue weighted by molar-refractivity contribution is 0.405. The number of rotatable bonds is 5. The minimum atomic E-state index is 0.142. The fraction of sp³-hybridized carbons (Fsp3) is 0.350. The summed E-state index contributed by atoms with van der Waals surface area (Å²) in [5.41, 5.74) is 11.8. The number of methoxy groups -OCH3 is 1. The first-order chi connectivity index (χ1) is 11.7. The molecule has 0 spiro atoms. The number of para-hydroxylation sites is 1. The quantitative estimate of drug-likeness (QED) is 0.906. The van der Waals surface area contributed by atoms with E-state index in [0.29, 0.717) is 6.54 Å². The zero-order valence-electron chi connectivity index (χ0n) is 14.6. The normalized spacial score (nSPS) is 17.1. The van der Waals surface area contributed by atoms with E-state index in [1.165, 1.54) is 11.1 Å². The van der Waals surface area contributed by atoms with Gasteiger partial charge in [0.1, 0.15) is 5.75 Å². The standard InChI is InChI=1S/C20H25N3O/c1-14-7-6-9-18(15(14)2)23-19(13-16(22-23)11-12-21)17-8-4-5-10-20(17)24-3/h4-10,19H,11-13,21H2,1-3H3. The van der Waals surface area contributed by atoms with Crippen LogP contribution in [-0.4, -0.2) is 19.4 Å². The number of hydrazone groups is 1. The number of nitrogens with two attached hydrogens (primary N) is 1. The predicted molar refractivity (Wildman–Crippen MR) is 99.9 cm³/mol. The van der Waals surface area contributed by atoms with Gasteiger partial charge in [-0.05, 0) is 50.1 Å². The van der Waals surface area contributed by atoms with Crippen LogP contribution in [0.3, 0.4) is 0 Å². The Hall–Kier alpha value is -2.33. The molecule has 0 saturated carbocycles. The van der Waals surface area contributed by atoms with Crippen LogP contribution >= 0.6 is 0 Å². The third-order valence-corrected chi connectivity index (χ3v) is 4.73. The molecule has 0 saturated heterocycles. The van der Waals surface area contributed by atoms with Crippen molar-refractivity contribution in [3.63, 3.8) is 0 Å². The third kappa shape index (κ3) is 3.02. The Balaban J connectivity index is 2.06. The summed E-state index contributed by atoms with van der Waals surface area (Å²) >= 11 is 0. The number of benzene rings is 2. The summed E-state index contributed by atoms with van der Waals surface area (Å²) in [6.07, 6.45) is 1.71. The summed E-state index contributed by atoms with van der Waals surface area (Å²) in [5.74, 6) is 0.905. The van der Waals surface area contributed by atoms with E-state index in [1.54, 1.807) is 7.11 Å². The van der Waals surface area contributed by atoms with E-state index in [0.717, 1.165) is 35.6 Å². The van der Waals surface area contributed by atoms with Crippen molar-refractivity contribution in [2.24, 2.45) is 10.8 Å². The number of aryl methyl sites for hydroxylation is 1. The molecule has 2 N–H and O–H groups in total. The maximum Gasteiger partial charge on any atom is 0.124 e. The van der Waals surface area contributed by atoms with Crippen LogP contribution in [0, 0.1) is 13.8 Å². The number of ether oxygens (including phenoxy) is 1. The SMILES string of the molecule is COc1ccccc1C1CC(CCN)=NN1c1cccc(C)c1C. The molecule has 24 heavy (non-hydrogen) atoms. The fourth-order valence-corrected chi connectivity index (χ4v) is 3.28. The molecule has 2 aromatic carbocycles. The van der Waals surface area contributed by atoms with E-state index < -0.39 is 0 Å². The van der Waals surface area contributed by atoms with Crippen molar-refractivity contribution in [3.05, 3.63) is 59.2 Å². The van der Waals surface area contributed by atoms with Gasteiger partial charge in [0.05, 0.1) is 18.8 Å². The van der Waals surface area contributed by atoms with Gasteiger partial charge in [0.2, 0.25) is 0 Å². The van der Waals surface area contributed by atoms with Gasteiger partial charge in [-0.2, -0.15) is 5.10 Å². The molecule has 1 unspecified atom stereocenters. The summed E-state index contributed by atoms with van der Waals surface area (Å²) in [7, 11) is 1.72. The van der Waals surface area contributed by atoms with Gasteiger partial charge in [-0.1, -0.05) is 30.3 Å². The largest absolute Gasteiger partial charge is 0.496 e. The van der Waals surface area contributed by atoms with E-state index in [9.17, 15) is 0 Å². The van der Waals surface area contributed by atoms with Gasteiger partial charge in [0.25, 0.3) is 0 Å². The van der Waals surface area contributed by atoms with E-state index in [2.05, 4.69) is 49.2 Å². The van der Waals surface area contributed by atoms with Crippen LogP contribution in [0.1, 0.15) is 35.6 Å². The Labute approximate surface area is 143 Å². The molecule has 126 valence electrons. The maximum absolute atomic E-state index is 5.76. The highest BCUT2D eigenvalue weighted by Gasteiger charge is 2.31. The minimum absolute atomic E-state index is 0.142. The molecule has 2 aromatic rings. The van der Waals surface area contributed by atoms with Crippen molar-refractivity contribution in [3.8, 4) is 5.75 Å². The van der Waals surface area contributed by atoms with Crippen molar-refractivity contribution in [1.82, 2.24) is 0 Å². The van der Waals surface area contributed by atoms with E-state index in [1.807, 2.05) is 12.1 Å². The molecular weight excluding hydrogens is 298 g/mol. The lowest BCUT2D eigenvalue weighted by atomic mass is 9.98. The van der Waals surface area contributed by atoms with Crippen LogP contribution in [0.2, 0.25) is 0 Å². The van der Waals surface area contributed by atoms with Crippen molar-refractivity contribution in [1.29, 1.82) is 0 Å². The van der Waals surface area contributed by atoms with Crippen molar-refractivity contribution >= 4 is 11.4 Å². The van der Waals surface area contributed by atoms with Crippen LogP contribution in [0.4, 0.5) is 5.69 Å². The van der Waals surface area contributed by atoms with Crippen molar-refractivity contribution in [2.45, 2.75) is 32.7 Å². The number of hydrogen-bond acceptors (Lipinski definition) is 4. The molecule has 4 nitrogen and oxygen atoms in total. The Kier molecular flexibility index (Phi) is 4.86. The molecule has 1 heterocycles. The first-order valence-electron chi connectivity index (χ1n) is 8.40. The van der Waals surface area contributed by atoms with Crippen LogP contribution < -0.4 is 15.5 Å². The Morgan fingerprint density at radius 2 is 1.96 bits per heavy atom. The van der Waals surface area contributed by atoms with Gasteiger partial charge in [0, 0.05) is 17.7 Å². The Bertz CT molecular complexity index is 754. The molecule has 0 fully saturated rings. The molecule has 0 aliphatic carbocycles. The summed E-state index contributed by atoms with van der Waals surface area (Å²) in [6.45, 7) is 4.91. The second kappa shape index (κ2) is 7.05. The smallest absolute Gasteiger partial charge is 0.124 e. The van der Waals surface area contributed by atoms with E-state index >= 15 is 0 Å². The Morgan fingerprint density at radius 3 is 2.71 bits per heavy atom. The molecule has 0 amide bonds. The zero-order chi connectivity index (χ0) is 17.1. The summed E-state index contributed by atoms with van der Waals surface area (Å²) < 4.78 is 5.59. The van der Waals surface area contributed by atoms with Crippen LogP contribution in [0.25, 0.3) is 0 Å². The second-order valence-electron chi connectivity index (χ2n) is 6.23. The Morgan fingerprint density at radius 1 is 1.17 bits per heavy atom.